The molecule has 1 rings (SSSR count). The molecule has 0 aliphatic heterocycles. The molecule has 0 atom stereocenters. The minimum Gasteiger partial charge on any atom is -0.490 e. The molecule has 76 valence electrons. The molecule has 0 radical (unpaired) electrons. The maximum atomic E-state index is 10.6. The number of hydrogen-bond acceptors (Lipinski definition) is 4. The predicted octanol–water partition coefficient (Wildman–Crippen LogP) is 1.67. The maximum Gasteiger partial charge on any atom is 0.311 e. The van der Waals surface area contributed by atoms with Crippen LogP contribution >= 0.6 is 22.6 Å². The van der Waals surface area contributed by atoms with E-state index < -0.39 is 4.92 Å². The zero-order valence-corrected chi connectivity index (χ0v) is 9.65. The lowest BCUT2D eigenvalue weighted by Crippen LogP contribution is -2.02. The summed E-state index contributed by atoms with van der Waals surface area (Å²) in [6.45, 7) is 0.281. The van der Waals surface area contributed by atoms with Crippen molar-refractivity contribution in [2.75, 3.05) is 7.11 Å². The third kappa shape index (κ3) is 2.13. The van der Waals surface area contributed by atoms with Crippen molar-refractivity contribution in [2.45, 2.75) is 6.54 Å². The van der Waals surface area contributed by atoms with Crippen molar-refractivity contribution in [3.63, 3.8) is 0 Å². The topological polar surface area (TPSA) is 78.4 Å². The first-order chi connectivity index (χ1) is 6.60. The van der Waals surface area contributed by atoms with Crippen molar-refractivity contribution in [2.24, 2.45) is 5.73 Å². The van der Waals surface area contributed by atoms with E-state index in [0.29, 0.717) is 0 Å². The highest BCUT2D eigenvalue weighted by atomic mass is 127. The third-order valence-corrected chi connectivity index (χ3v) is 2.77. The summed E-state index contributed by atoms with van der Waals surface area (Å²) in [7, 11) is 1.40. The van der Waals surface area contributed by atoms with E-state index in [1.165, 1.54) is 13.2 Å². The molecular formula is C8H9IN2O3. The van der Waals surface area contributed by atoms with E-state index in [1.807, 2.05) is 0 Å². The standard InChI is InChI=1S/C8H9IN2O3/c1-14-8-3-6(9)5(4-10)2-7(8)11(12)13/h2-3H,4,10H2,1H3. The SMILES string of the molecule is COc1cc(I)c(CN)cc1[N+](=O)[O-]. The van der Waals surface area contributed by atoms with E-state index in [-0.39, 0.29) is 18.0 Å². The molecule has 0 bridgehead atoms. The van der Waals surface area contributed by atoms with Crippen LogP contribution in [0.3, 0.4) is 0 Å². The molecule has 2 N–H and O–H groups in total. The van der Waals surface area contributed by atoms with Gasteiger partial charge in [-0.05, 0) is 28.2 Å². The minimum atomic E-state index is -0.478. The minimum absolute atomic E-state index is 0.0478. The molecule has 1 aromatic carbocycles. The summed E-state index contributed by atoms with van der Waals surface area (Å²) in [6.07, 6.45) is 0. The fourth-order valence-corrected chi connectivity index (χ4v) is 1.71. The second kappa shape index (κ2) is 4.56. The highest BCUT2D eigenvalue weighted by molar-refractivity contribution is 14.1. The molecule has 0 aliphatic rings. The number of hydrogen-bond donors (Lipinski definition) is 1. The van der Waals surface area contributed by atoms with Crippen molar-refractivity contribution in [3.05, 3.63) is 31.4 Å². The van der Waals surface area contributed by atoms with Gasteiger partial charge in [-0.3, -0.25) is 10.1 Å². The molecule has 6 heteroatoms. The quantitative estimate of drug-likeness (QED) is 0.523. The highest BCUT2D eigenvalue weighted by Crippen LogP contribution is 2.30. The van der Waals surface area contributed by atoms with Crippen LogP contribution in [-0.2, 0) is 6.54 Å². The Balaban J connectivity index is 3.32. The molecule has 0 unspecified atom stereocenters. The van der Waals surface area contributed by atoms with E-state index in [1.54, 1.807) is 6.07 Å². The molecule has 0 spiro atoms. The monoisotopic (exact) mass is 308 g/mol. The van der Waals surface area contributed by atoms with Crippen LogP contribution in [0.2, 0.25) is 0 Å². The van der Waals surface area contributed by atoms with Crippen LogP contribution in [0.15, 0.2) is 12.1 Å². The zero-order chi connectivity index (χ0) is 10.7. The van der Waals surface area contributed by atoms with Crippen molar-refractivity contribution in [1.29, 1.82) is 0 Å². The Kier molecular flexibility index (Phi) is 3.64. The Bertz CT molecular complexity index is 368. The number of methoxy groups -OCH3 is 1. The summed E-state index contributed by atoms with van der Waals surface area (Å²) in [4.78, 5) is 10.2. The van der Waals surface area contributed by atoms with Crippen molar-refractivity contribution < 1.29 is 9.66 Å². The van der Waals surface area contributed by atoms with E-state index >= 15 is 0 Å². The van der Waals surface area contributed by atoms with Crippen LogP contribution in [0, 0.1) is 13.7 Å². The third-order valence-electron chi connectivity index (χ3n) is 1.76. The molecule has 0 heterocycles. The predicted molar refractivity (Wildman–Crippen MR) is 60.3 cm³/mol. The average molecular weight is 308 g/mol. The van der Waals surface area contributed by atoms with Crippen molar-refractivity contribution >= 4 is 28.3 Å². The fraction of sp³-hybridized carbons (Fsp3) is 0.250. The Labute approximate surface area is 94.5 Å². The number of nitro benzene ring substituents is 1. The maximum absolute atomic E-state index is 10.6. The second-order valence-electron chi connectivity index (χ2n) is 2.58. The van der Waals surface area contributed by atoms with E-state index in [9.17, 15) is 10.1 Å². The lowest BCUT2D eigenvalue weighted by atomic mass is 10.2. The Hall–Kier alpha value is -0.890. The van der Waals surface area contributed by atoms with Gasteiger partial charge >= 0.3 is 5.69 Å². The molecule has 1 aromatic rings. The molecule has 0 aliphatic carbocycles. The lowest BCUT2D eigenvalue weighted by molar-refractivity contribution is -0.385. The van der Waals surface area contributed by atoms with E-state index in [0.717, 1.165) is 9.13 Å². The van der Waals surface area contributed by atoms with Gasteiger partial charge in [0.25, 0.3) is 0 Å². The smallest absolute Gasteiger partial charge is 0.311 e. The van der Waals surface area contributed by atoms with Crippen LogP contribution in [0.1, 0.15) is 5.56 Å². The first-order valence-electron chi connectivity index (χ1n) is 3.81. The summed E-state index contributed by atoms with van der Waals surface area (Å²) in [5, 5.41) is 10.6. The summed E-state index contributed by atoms with van der Waals surface area (Å²) in [5.74, 6) is 0.261. The molecule has 0 fully saturated rings. The molecule has 0 amide bonds. The number of benzene rings is 1. The van der Waals surface area contributed by atoms with Crippen LogP contribution in [0.4, 0.5) is 5.69 Å². The van der Waals surface area contributed by atoms with Gasteiger partial charge in [-0.25, -0.2) is 0 Å². The largest absolute Gasteiger partial charge is 0.490 e. The van der Waals surface area contributed by atoms with Gasteiger partial charge < -0.3 is 10.5 Å². The average Bonchev–Trinajstić information content (AvgIpc) is 2.16. The van der Waals surface area contributed by atoms with Gasteiger partial charge in [0.15, 0.2) is 5.75 Å². The number of nitrogens with zero attached hydrogens (tertiary/aromatic N) is 1. The molecule has 0 saturated heterocycles. The number of ether oxygens (including phenoxy) is 1. The summed E-state index contributed by atoms with van der Waals surface area (Å²) in [5.41, 5.74) is 6.14. The molecule has 0 saturated carbocycles. The molecule has 0 aromatic heterocycles. The molecule has 5 nitrogen and oxygen atoms in total. The Morgan fingerprint density at radius 3 is 2.71 bits per heavy atom. The van der Waals surface area contributed by atoms with Gasteiger partial charge in [0, 0.05) is 22.2 Å². The molecular weight excluding hydrogens is 299 g/mol. The van der Waals surface area contributed by atoms with Gasteiger partial charge in [-0.15, -0.1) is 0 Å². The summed E-state index contributed by atoms with van der Waals surface area (Å²) in [6, 6.07) is 3.06. The number of nitro groups is 1. The lowest BCUT2D eigenvalue weighted by Gasteiger charge is -2.05. The highest BCUT2D eigenvalue weighted by Gasteiger charge is 2.17. The summed E-state index contributed by atoms with van der Waals surface area (Å²) < 4.78 is 5.77. The fourth-order valence-electron chi connectivity index (χ4n) is 1.05. The first kappa shape index (κ1) is 11.2. The van der Waals surface area contributed by atoms with Gasteiger partial charge in [0.05, 0.1) is 12.0 Å². The summed E-state index contributed by atoms with van der Waals surface area (Å²) >= 11 is 2.07. The second-order valence-corrected chi connectivity index (χ2v) is 3.74. The molecule has 14 heavy (non-hydrogen) atoms. The van der Waals surface area contributed by atoms with Gasteiger partial charge in [0.1, 0.15) is 0 Å². The Morgan fingerprint density at radius 2 is 2.29 bits per heavy atom. The van der Waals surface area contributed by atoms with Crippen LogP contribution in [0.25, 0.3) is 0 Å². The normalized spacial score (nSPS) is 9.93. The van der Waals surface area contributed by atoms with Crippen LogP contribution < -0.4 is 10.5 Å². The Morgan fingerprint density at radius 1 is 1.64 bits per heavy atom. The van der Waals surface area contributed by atoms with Crippen molar-refractivity contribution in [3.8, 4) is 5.75 Å². The van der Waals surface area contributed by atoms with Crippen LogP contribution in [-0.4, -0.2) is 12.0 Å². The number of rotatable bonds is 3. The van der Waals surface area contributed by atoms with E-state index in [4.69, 9.17) is 10.5 Å². The van der Waals surface area contributed by atoms with Gasteiger partial charge in [0.2, 0.25) is 0 Å². The van der Waals surface area contributed by atoms with Crippen LogP contribution in [0.5, 0.6) is 5.75 Å². The van der Waals surface area contributed by atoms with Gasteiger partial charge in [-0.1, -0.05) is 0 Å². The van der Waals surface area contributed by atoms with Crippen molar-refractivity contribution in [1.82, 2.24) is 0 Å². The van der Waals surface area contributed by atoms with E-state index in [2.05, 4.69) is 22.6 Å². The zero-order valence-electron chi connectivity index (χ0n) is 7.49. The first-order valence-corrected chi connectivity index (χ1v) is 4.89. The number of halogens is 1. The number of nitrogens with two attached hydrogens (primary N) is 1. The van der Waals surface area contributed by atoms with Gasteiger partial charge in [-0.2, -0.15) is 0 Å².